The van der Waals surface area contributed by atoms with E-state index in [0.29, 0.717) is 28.3 Å². The van der Waals surface area contributed by atoms with Crippen molar-refractivity contribution in [1.29, 1.82) is 0 Å². The molecule has 0 heterocycles. The van der Waals surface area contributed by atoms with Gasteiger partial charge in [0.1, 0.15) is 0 Å². The molecule has 0 saturated heterocycles. The van der Waals surface area contributed by atoms with Crippen LogP contribution in [0.2, 0.25) is 10.0 Å². The van der Waals surface area contributed by atoms with Gasteiger partial charge in [0, 0.05) is 6.04 Å². The molecule has 5 heteroatoms. The van der Waals surface area contributed by atoms with Crippen LogP contribution < -0.4 is 5.32 Å². The van der Waals surface area contributed by atoms with Gasteiger partial charge < -0.3 is 5.32 Å². The van der Waals surface area contributed by atoms with Crippen molar-refractivity contribution >= 4 is 34.8 Å². The van der Waals surface area contributed by atoms with E-state index in [9.17, 15) is 4.79 Å². The monoisotopic (exact) mass is 328 g/mol. The number of carbonyl (C=O) groups is 1. The topological polar surface area (TPSA) is 32.3 Å². The number of hydrogen-bond acceptors (Lipinski definition) is 2. The maximum atomic E-state index is 12.2. The van der Waals surface area contributed by atoms with E-state index in [1.54, 1.807) is 18.2 Å². The van der Waals surface area contributed by atoms with E-state index in [0.717, 1.165) is 0 Å². The zero-order valence-corrected chi connectivity index (χ0v) is 13.9. The summed E-state index contributed by atoms with van der Waals surface area (Å²) in [6, 6.07) is 5.70. The van der Waals surface area contributed by atoms with Crippen LogP contribution in [0, 0.1) is 0 Å². The van der Waals surface area contributed by atoms with Gasteiger partial charge in [-0.05, 0) is 32.0 Å². The molecule has 2 rings (SSSR count). The number of likely N-dealkylation sites (N-methyl/N-ethyl adjacent to an activating group) is 1. The molecule has 3 nitrogen and oxygen atoms in total. The lowest BCUT2D eigenvalue weighted by Crippen LogP contribution is -2.37. The summed E-state index contributed by atoms with van der Waals surface area (Å²) < 4.78 is 0. The van der Waals surface area contributed by atoms with Crippen LogP contribution in [0.1, 0.15) is 38.5 Å². The zero-order chi connectivity index (χ0) is 15.2. The molecule has 1 aromatic carbocycles. The van der Waals surface area contributed by atoms with Crippen LogP contribution in [0.25, 0.3) is 0 Å². The second-order valence-corrected chi connectivity index (χ2v) is 6.52. The lowest BCUT2D eigenvalue weighted by molar-refractivity contribution is -0.117. The average molecular weight is 329 g/mol. The zero-order valence-electron chi connectivity index (χ0n) is 12.4. The van der Waals surface area contributed by atoms with E-state index < -0.39 is 0 Å². The summed E-state index contributed by atoms with van der Waals surface area (Å²) in [5, 5.41) is 3.75. The van der Waals surface area contributed by atoms with Gasteiger partial charge in [-0.1, -0.05) is 55.0 Å². The molecule has 0 spiro atoms. The molecule has 1 N–H and O–H groups in total. The molecular formula is C16H22Cl2N2O. The molecule has 1 aliphatic carbocycles. The van der Waals surface area contributed by atoms with Crippen LogP contribution in [-0.4, -0.2) is 30.4 Å². The van der Waals surface area contributed by atoms with Gasteiger partial charge in [0.15, 0.2) is 0 Å². The van der Waals surface area contributed by atoms with Crippen LogP contribution in [0.3, 0.4) is 0 Å². The number of benzene rings is 1. The lowest BCUT2D eigenvalue weighted by atomic mass is 10.1. The fraction of sp³-hybridized carbons (Fsp3) is 0.562. The van der Waals surface area contributed by atoms with Gasteiger partial charge in [0.2, 0.25) is 5.91 Å². The Morgan fingerprint density at radius 3 is 2.33 bits per heavy atom. The molecule has 0 unspecified atom stereocenters. The number of carbonyl (C=O) groups excluding carboxylic acids is 1. The Balaban J connectivity index is 1.91. The first kappa shape index (κ1) is 16.6. The van der Waals surface area contributed by atoms with Crippen molar-refractivity contribution in [3.05, 3.63) is 28.2 Å². The van der Waals surface area contributed by atoms with Crippen molar-refractivity contribution in [2.75, 3.05) is 18.9 Å². The molecule has 0 radical (unpaired) electrons. The molecule has 0 aliphatic heterocycles. The summed E-state index contributed by atoms with van der Waals surface area (Å²) in [5.74, 6) is -0.0725. The third-order valence-corrected chi connectivity index (χ3v) is 4.70. The Morgan fingerprint density at radius 2 is 1.76 bits per heavy atom. The first-order chi connectivity index (χ1) is 10.1. The third kappa shape index (κ3) is 4.87. The molecular weight excluding hydrogens is 307 g/mol. The highest BCUT2D eigenvalue weighted by Gasteiger charge is 2.19. The minimum atomic E-state index is -0.0725. The van der Waals surface area contributed by atoms with E-state index in [1.165, 1.54) is 38.5 Å². The number of halogens is 2. The Morgan fingerprint density at radius 1 is 1.19 bits per heavy atom. The smallest absolute Gasteiger partial charge is 0.238 e. The molecule has 1 fully saturated rings. The van der Waals surface area contributed by atoms with Crippen LogP contribution >= 0.6 is 23.2 Å². The predicted octanol–water partition coefficient (Wildman–Crippen LogP) is 4.59. The number of nitrogens with one attached hydrogen (secondary N) is 1. The molecule has 0 aromatic heterocycles. The van der Waals surface area contributed by atoms with Crippen molar-refractivity contribution < 1.29 is 4.79 Å². The van der Waals surface area contributed by atoms with Crippen molar-refractivity contribution in [3.8, 4) is 0 Å². The molecule has 1 aliphatic rings. The van der Waals surface area contributed by atoms with Gasteiger partial charge in [0.05, 0.1) is 22.3 Å². The van der Waals surface area contributed by atoms with E-state index >= 15 is 0 Å². The lowest BCUT2D eigenvalue weighted by Gasteiger charge is -2.26. The van der Waals surface area contributed by atoms with E-state index in [2.05, 4.69) is 10.2 Å². The van der Waals surface area contributed by atoms with Crippen LogP contribution in [0.4, 0.5) is 5.69 Å². The largest absolute Gasteiger partial charge is 0.322 e. The summed E-state index contributed by atoms with van der Waals surface area (Å²) in [6.45, 7) is 0.367. The number of amides is 1. The first-order valence-electron chi connectivity index (χ1n) is 7.52. The molecule has 116 valence electrons. The number of hydrogen-bond donors (Lipinski definition) is 1. The van der Waals surface area contributed by atoms with Crippen LogP contribution in [0.15, 0.2) is 18.2 Å². The Hall–Kier alpha value is -0.770. The highest BCUT2D eigenvalue weighted by Crippen LogP contribution is 2.29. The fourth-order valence-electron chi connectivity index (χ4n) is 2.85. The molecule has 0 atom stereocenters. The van der Waals surface area contributed by atoms with Crippen LogP contribution in [0.5, 0.6) is 0 Å². The minimum absolute atomic E-state index is 0.0725. The third-order valence-electron chi connectivity index (χ3n) is 4.07. The highest BCUT2D eigenvalue weighted by molar-refractivity contribution is 6.39. The van der Waals surface area contributed by atoms with Gasteiger partial charge in [0.25, 0.3) is 0 Å². The Bertz CT molecular complexity index is 465. The molecule has 21 heavy (non-hydrogen) atoms. The number of nitrogens with zero attached hydrogens (tertiary/aromatic N) is 1. The number of para-hydroxylation sites is 1. The van der Waals surface area contributed by atoms with E-state index in [1.807, 2.05) is 7.05 Å². The van der Waals surface area contributed by atoms with Gasteiger partial charge in [-0.2, -0.15) is 0 Å². The highest BCUT2D eigenvalue weighted by atomic mass is 35.5. The predicted molar refractivity (Wildman–Crippen MR) is 89.2 cm³/mol. The summed E-state index contributed by atoms with van der Waals surface area (Å²) in [4.78, 5) is 14.3. The Labute approximate surface area is 136 Å². The maximum Gasteiger partial charge on any atom is 0.238 e. The molecule has 0 bridgehead atoms. The van der Waals surface area contributed by atoms with Gasteiger partial charge in [-0.15, -0.1) is 0 Å². The summed E-state index contributed by atoms with van der Waals surface area (Å²) in [7, 11) is 2.02. The molecule has 1 saturated carbocycles. The van der Waals surface area contributed by atoms with Gasteiger partial charge in [-0.3, -0.25) is 9.69 Å². The standard InChI is InChI=1S/C16H22Cl2N2O/c1-20(12-7-4-2-3-5-8-12)11-15(21)19-16-13(17)9-6-10-14(16)18/h6,9-10,12H,2-5,7-8,11H2,1H3,(H,19,21). The maximum absolute atomic E-state index is 12.2. The average Bonchev–Trinajstić information content (AvgIpc) is 2.72. The van der Waals surface area contributed by atoms with E-state index in [-0.39, 0.29) is 5.91 Å². The minimum Gasteiger partial charge on any atom is -0.322 e. The normalized spacial score (nSPS) is 16.8. The quantitative estimate of drug-likeness (QED) is 0.820. The van der Waals surface area contributed by atoms with E-state index in [4.69, 9.17) is 23.2 Å². The van der Waals surface area contributed by atoms with Crippen molar-refractivity contribution in [2.45, 2.75) is 44.6 Å². The molecule has 1 aromatic rings. The molecule has 1 amide bonds. The summed E-state index contributed by atoms with van der Waals surface area (Å²) >= 11 is 12.1. The van der Waals surface area contributed by atoms with Crippen LogP contribution in [-0.2, 0) is 4.79 Å². The SMILES string of the molecule is CN(CC(=O)Nc1c(Cl)cccc1Cl)C1CCCCCC1. The van der Waals surface area contributed by atoms with Gasteiger partial charge in [-0.25, -0.2) is 0 Å². The summed E-state index contributed by atoms with van der Waals surface area (Å²) in [5.41, 5.74) is 0.500. The second-order valence-electron chi connectivity index (χ2n) is 5.71. The number of rotatable bonds is 4. The van der Waals surface area contributed by atoms with Crippen molar-refractivity contribution in [1.82, 2.24) is 4.90 Å². The Kier molecular flexibility index (Phi) is 6.34. The summed E-state index contributed by atoms with van der Waals surface area (Å²) in [6.07, 6.45) is 7.49. The number of anilines is 1. The first-order valence-corrected chi connectivity index (χ1v) is 8.27. The second kappa shape index (κ2) is 8.02. The van der Waals surface area contributed by atoms with Crippen molar-refractivity contribution in [3.63, 3.8) is 0 Å². The fourth-order valence-corrected chi connectivity index (χ4v) is 3.34. The van der Waals surface area contributed by atoms with Crippen molar-refractivity contribution in [2.24, 2.45) is 0 Å². The van der Waals surface area contributed by atoms with Gasteiger partial charge >= 0.3 is 0 Å².